The number of aromatic nitrogens is 1. The predicted molar refractivity (Wildman–Crippen MR) is 136 cm³/mol. The molecule has 12 N–H and O–H groups in total. The van der Waals surface area contributed by atoms with Crippen LogP contribution in [0.15, 0.2) is 35.5 Å². The van der Waals surface area contributed by atoms with E-state index in [9.17, 15) is 29.4 Å². The first kappa shape index (κ1) is 29.1. The number of carbonyl (C=O) groups is 4. The number of benzene rings is 1. The van der Waals surface area contributed by atoms with E-state index in [0.717, 1.165) is 10.9 Å². The topological polar surface area (TPSA) is 251 Å². The zero-order valence-corrected chi connectivity index (χ0v) is 20.4. The Labute approximate surface area is 213 Å². The molecule has 1 aromatic heterocycles. The van der Waals surface area contributed by atoms with Crippen LogP contribution in [0.2, 0.25) is 0 Å². The van der Waals surface area contributed by atoms with E-state index >= 15 is 0 Å². The Kier molecular flexibility index (Phi) is 10.8. The quantitative estimate of drug-likeness (QED) is 0.0735. The van der Waals surface area contributed by atoms with E-state index in [1.165, 1.54) is 6.92 Å². The SMILES string of the molecule is CC(NC(=O)C(N)CCCN=C(N)N)C(=O)NC(Cc1c[nH]c2ccccc12)C(=O)NC(CO)C(=O)O. The lowest BCUT2D eigenvalue weighted by Crippen LogP contribution is -2.57. The number of rotatable bonds is 14. The summed E-state index contributed by atoms with van der Waals surface area (Å²) in [7, 11) is 0. The molecule has 1 heterocycles. The number of carboxylic acid groups (broad SMARTS) is 1. The Hall–Kier alpha value is -4.17. The minimum Gasteiger partial charge on any atom is -0.480 e. The molecule has 0 saturated carbocycles. The summed E-state index contributed by atoms with van der Waals surface area (Å²) in [6, 6.07) is 2.62. The van der Waals surface area contributed by atoms with Gasteiger partial charge in [0, 0.05) is 30.1 Å². The van der Waals surface area contributed by atoms with Gasteiger partial charge in [-0.3, -0.25) is 19.4 Å². The number of guanidine groups is 1. The first-order valence-corrected chi connectivity index (χ1v) is 11.6. The van der Waals surface area contributed by atoms with Crippen LogP contribution in [0.25, 0.3) is 10.9 Å². The summed E-state index contributed by atoms with van der Waals surface area (Å²) < 4.78 is 0. The van der Waals surface area contributed by atoms with Gasteiger partial charge in [-0.25, -0.2) is 4.79 Å². The first-order chi connectivity index (χ1) is 17.5. The Bertz CT molecular complexity index is 1130. The third kappa shape index (κ3) is 8.77. The maximum absolute atomic E-state index is 12.9. The van der Waals surface area contributed by atoms with Crippen LogP contribution in [0, 0.1) is 0 Å². The Morgan fingerprint density at radius 2 is 1.70 bits per heavy atom. The number of aromatic amines is 1. The maximum atomic E-state index is 12.9. The standard InChI is InChI=1S/C23H34N8O6/c1-12(29-20(34)15(24)6-4-8-27-23(25)26)19(33)30-17(21(35)31-18(11-32)22(36)37)9-13-10-28-16-7-3-2-5-14(13)16/h2-3,5,7,10,12,15,17-18,28,32H,4,6,8-9,11,24H2,1H3,(H,29,34)(H,30,33)(H,31,35)(H,36,37)(H4,25,26,27). The van der Waals surface area contributed by atoms with Gasteiger partial charge in [-0.1, -0.05) is 18.2 Å². The van der Waals surface area contributed by atoms with Crippen LogP contribution in [0.5, 0.6) is 0 Å². The molecular weight excluding hydrogens is 484 g/mol. The van der Waals surface area contributed by atoms with E-state index in [4.69, 9.17) is 17.2 Å². The zero-order valence-electron chi connectivity index (χ0n) is 20.4. The fourth-order valence-electron chi connectivity index (χ4n) is 3.52. The van der Waals surface area contributed by atoms with Gasteiger partial charge >= 0.3 is 5.97 Å². The van der Waals surface area contributed by atoms with Crippen LogP contribution >= 0.6 is 0 Å². The second-order valence-electron chi connectivity index (χ2n) is 8.49. The molecule has 37 heavy (non-hydrogen) atoms. The summed E-state index contributed by atoms with van der Waals surface area (Å²) in [5, 5.41) is 26.6. The smallest absolute Gasteiger partial charge is 0.328 e. The van der Waals surface area contributed by atoms with Crippen molar-refractivity contribution in [1.82, 2.24) is 20.9 Å². The van der Waals surface area contributed by atoms with Crippen molar-refractivity contribution in [1.29, 1.82) is 0 Å². The van der Waals surface area contributed by atoms with Gasteiger partial charge in [0.15, 0.2) is 5.96 Å². The molecule has 0 fully saturated rings. The number of fused-ring (bicyclic) bond motifs is 1. The van der Waals surface area contributed by atoms with Crippen molar-refractivity contribution < 1.29 is 29.4 Å². The summed E-state index contributed by atoms with van der Waals surface area (Å²) >= 11 is 0. The number of amides is 3. The minimum absolute atomic E-state index is 0.0182. The van der Waals surface area contributed by atoms with Gasteiger partial charge in [-0.2, -0.15) is 0 Å². The van der Waals surface area contributed by atoms with Crippen molar-refractivity contribution in [2.75, 3.05) is 13.2 Å². The monoisotopic (exact) mass is 518 g/mol. The molecule has 3 amide bonds. The van der Waals surface area contributed by atoms with Crippen molar-refractivity contribution in [3.8, 4) is 0 Å². The number of aliphatic carboxylic acids is 1. The highest BCUT2D eigenvalue weighted by atomic mass is 16.4. The van der Waals surface area contributed by atoms with Gasteiger partial charge in [-0.05, 0) is 31.4 Å². The first-order valence-electron chi connectivity index (χ1n) is 11.6. The fraction of sp³-hybridized carbons (Fsp3) is 0.435. The molecule has 14 nitrogen and oxygen atoms in total. The minimum atomic E-state index is -1.55. The van der Waals surface area contributed by atoms with Crippen LogP contribution in [-0.4, -0.2) is 82.2 Å². The van der Waals surface area contributed by atoms with Crippen LogP contribution in [0.4, 0.5) is 0 Å². The number of H-pyrrole nitrogens is 1. The predicted octanol–water partition coefficient (Wildman–Crippen LogP) is -2.36. The third-order valence-corrected chi connectivity index (χ3v) is 5.59. The average Bonchev–Trinajstić information content (AvgIpc) is 3.26. The summed E-state index contributed by atoms with van der Waals surface area (Å²) in [6.45, 7) is 0.894. The number of carbonyl (C=O) groups excluding carboxylic acids is 3. The number of hydrogen-bond donors (Lipinski definition) is 9. The molecule has 2 aromatic rings. The number of nitrogens with one attached hydrogen (secondary N) is 4. The highest BCUT2D eigenvalue weighted by Gasteiger charge is 2.29. The molecule has 0 bridgehead atoms. The number of hydrogen-bond acceptors (Lipinski definition) is 7. The highest BCUT2D eigenvalue weighted by molar-refractivity contribution is 5.94. The van der Waals surface area contributed by atoms with E-state index in [0.29, 0.717) is 18.5 Å². The van der Waals surface area contributed by atoms with Crippen LogP contribution in [0.1, 0.15) is 25.3 Å². The number of nitrogens with two attached hydrogens (primary N) is 3. The highest BCUT2D eigenvalue weighted by Crippen LogP contribution is 2.19. The second-order valence-corrected chi connectivity index (χ2v) is 8.49. The number of aliphatic hydroxyl groups excluding tert-OH is 1. The Morgan fingerprint density at radius 1 is 1.03 bits per heavy atom. The van der Waals surface area contributed by atoms with E-state index < -0.39 is 54.5 Å². The van der Waals surface area contributed by atoms with E-state index in [1.807, 2.05) is 24.3 Å². The summed E-state index contributed by atoms with van der Waals surface area (Å²) in [5.41, 5.74) is 17.9. The van der Waals surface area contributed by atoms with Crippen molar-refractivity contribution in [2.45, 2.75) is 50.4 Å². The van der Waals surface area contributed by atoms with Gasteiger partial charge in [-0.15, -0.1) is 0 Å². The second kappa shape index (κ2) is 13.8. The molecule has 4 unspecified atom stereocenters. The molecule has 0 aliphatic heterocycles. The molecule has 14 heteroatoms. The molecule has 0 saturated heterocycles. The molecule has 202 valence electrons. The molecular formula is C23H34N8O6. The lowest BCUT2D eigenvalue weighted by atomic mass is 10.0. The fourth-order valence-corrected chi connectivity index (χ4v) is 3.52. The lowest BCUT2D eigenvalue weighted by Gasteiger charge is -2.23. The Morgan fingerprint density at radius 3 is 2.35 bits per heavy atom. The average molecular weight is 519 g/mol. The van der Waals surface area contributed by atoms with Gasteiger partial charge in [0.1, 0.15) is 18.1 Å². The van der Waals surface area contributed by atoms with Crippen molar-refractivity contribution in [3.05, 3.63) is 36.0 Å². The zero-order chi connectivity index (χ0) is 27.5. The van der Waals surface area contributed by atoms with Gasteiger partial charge in [0.05, 0.1) is 12.6 Å². The number of aliphatic hydroxyl groups is 1. The number of para-hydroxylation sites is 1. The van der Waals surface area contributed by atoms with Crippen molar-refractivity contribution in [2.24, 2.45) is 22.2 Å². The van der Waals surface area contributed by atoms with Crippen molar-refractivity contribution >= 4 is 40.6 Å². The van der Waals surface area contributed by atoms with Gasteiger partial charge in [0.2, 0.25) is 17.7 Å². The normalized spacial score (nSPS) is 14.1. The van der Waals surface area contributed by atoms with Crippen LogP contribution < -0.4 is 33.2 Å². The third-order valence-electron chi connectivity index (χ3n) is 5.59. The summed E-state index contributed by atoms with van der Waals surface area (Å²) in [5.74, 6) is -3.56. The lowest BCUT2D eigenvalue weighted by molar-refractivity contribution is -0.143. The molecule has 0 aliphatic carbocycles. The summed E-state index contributed by atoms with van der Waals surface area (Å²) in [6.07, 6.45) is 2.44. The van der Waals surface area contributed by atoms with Crippen LogP contribution in [0.3, 0.4) is 0 Å². The summed E-state index contributed by atoms with van der Waals surface area (Å²) in [4.78, 5) is 56.3. The Balaban J connectivity index is 2.09. The molecule has 0 spiro atoms. The number of aliphatic imine (C=N–C) groups is 1. The van der Waals surface area contributed by atoms with E-state index in [-0.39, 0.29) is 18.8 Å². The molecule has 2 rings (SSSR count). The van der Waals surface area contributed by atoms with Gasteiger partial charge < -0.3 is 48.3 Å². The number of carboxylic acids is 1. The maximum Gasteiger partial charge on any atom is 0.328 e. The van der Waals surface area contributed by atoms with E-state index in [1.54, 1.807) is 6.20 Å². The van der Waals surface area contributed by atoms with E-state index in [2.05, 4.69) is 25.9 Å². The molecule has 1 aromatic carbocycles. The molecule has 4 atom stereocenters. The van der Waals surface area contributed by atoms with Gasteiger partial charge in [0.25, 0.3) is 0 Å². The number of nitrogens with zero attached hydrogens (tertiary/aromatic N) is 1. The largest absolute Gasteiger partial charge is 0.480 e. The molecule has 0 aliphatic rings. The van der Waals surface area contributed by atoms with Crippen molar-refractivity contribution in [3.63, 3.8) is 0 Å². The van der Waals surface area contributed by atoms with Crippen LogP contribution in [-0.2, 0) is 25.6 Å². The molecule has 0 radical (unpaired) electrons.